The summed E-state index contributed by atoms with van der Waals surface area (Å²) in [5.74, 6) is 1.70. The van der Waals surface area contributed by atoms with Crippen LogP contribution in [0.4, 0.5) is 0 Å². The highest BCUT2D eigenvalue weighted by Gasteiger charge is 2.18. The molecule has 106 valence electrons. The van der Waals surface area contributed by atoms with Crippen molar-refractivity contribution in [3.8, 4) is 17.1 Å². The number of furan rings is 1. The highest BCUT2D eigenvalue weighted by Crippen LogP contribution is 2.33. The molecule has 0 bridgehead atoms. The van der Waals surface area contributed by atoms with E-state index in [9.17, 15) is 5.11 Å². The Balaban J connectivity index is 2.29. The molecule has 0 saturated heterocycles. The molecule has 0 spiro atoms. The van der Waals surface area contributed by atoms with Crippen LogP contribution in [0.25, 0.3) is 11.3 Å². The molecule has 0 radical (unpaired) electrons. The molecule has 0 aliphatic rings. The minimum absolute atomic E-state index is 0.0755. The Kier molecular flexibility index (Phi) is 4.53. The topological polar surface area (TPSA) is 42.6 Å². The summed E-state index contributed by atoms with van der Waals surface area (Å²) in [6, 6.07) is 8.98. The van der Waals surface area contributed by atoms with Crippen LogP contribution in [0, 0.1) is 5.92 Å². The maximum absolute atomic E-state index is 10.1. The predicted molar refractivity (Wildman–Crippen MR) is 80.0 cm³/mol. The lowest BCUT2D eigenvalue weighted by Gasteiger charge is -2.12. The molecule has 3 nitrogen and oxygen atoms in total. The van der Waals surface area contributed by atoms with Gasteiger partial charge in [0.05, 0.1) is 12.1 Å². The van der Waals surface area contributed by atoms with E-state index in [0.29, 0.717) is 22.3 Å². The van der Waals surface area contributed by atoms with Crippen molar-refractivity contribution in [2.75, 3.05) is 7.11 Å². The van der Waals surface area contributed by atoms with Crippen molar-refractivity contribution in [2.24, 2.45) is 5.92 Å². The molecule has 0 amide bonds. The number of hydrogen-bond acceptors (Lipinski definition) is 3. The first-order valence-corrected chi connectivity index (χ1v) is 6.69. The van der Waals surface area contributed by atoms with Gasteiger partial charge in [0.25, 0.3) is 0 Å². The second-order valence-corrected chi connectivity index (χ2v) is 5.00. The van der Waals surface area contributed by atoms with Gasteiger partial charge in [-0.2, -0.15) is 0 Å². The molecule has 2 aromatic rings. The summed E-state index contributed by atoms with van der Waals surface area (Å²) >= 11 is 6.09. The van der Waals surface area contributed by atoms with E-state index < -0.39 is 6.10 Å². The van der Waals surface area contributed by atoms with Crippen LogP contribution < -0.4 is 4.74 Å². The van der Waals surface area contributed by atoms with Crippen molar-refractivity contribution < 1.29 is 14.3 Å². The Morgan fingerprint density at radius 3 is 2.70 bits per heavy atom. The van der Waals surface area contributed by atoms with E-state index in [-0.39, 0.29) is 5.92 Å². The third-order valence-electron chi connectivity index (χ3n) is 3.22. The molecule has 0 aliphatic carbocycles. The van der Waals surface area contributed by atoms with Crippen molar-refractivity contribution in [1.29, 1.82) is 0 Å². The Bertz CT molecular complexity index is 604. The Morgan fingerprint density at radius 2 is 2.10 bits per heavy atom. The van der Waals surface area contributed by atoms with Crippen LogP contribution in [0.3, 0.4) is 0 Å². The van der Waals surface area contributed by atoms with Crippen molar-refractivity contribution in [3.63, 3.8) is 0 Å². The van der Waals surface area contributed by atoms with Crippen molar-refractivity contribution >= 4 is 11.6 Å². The molecule has 1 aromatic carbocycles. The van der Waals surface area contributed by atoms with Gasteiger partial charge in [-0.25, -0.2) is 0 Å². The van der Waals surface area contributed by atoms with Gasteiger partial charge in [0.1, 0.15) is 23.4 Å². The summed E-state index contributed by atoms with van der Waals surface area (Å²) in [6.45, 7) is 5.55. The first kappa shape index (κ1) is 14.7. The zero-order chi connectivity index (χ0) is 14.7. The molecular weight excluding hydrogens is 276 g/mol. The van der Waals surface area contributed by atoms with Crippen molar-refractivity contribution in [3.05, 3.63) is 53.8 Å². The van der Waals surface area contributed by atoms with Crippen LogP contribution in [-0.2, 0) is 0 Å². The second kappa shape index (κ2) is 6.16. The Morgan fingerprint density at radius 1 is 1.35 bits per heavy atom. The lowest BCUT2D eigenvalue weighted by atomic mass is 10.0. The van der Waals surface area contributed by atoms with E-state index >= 15 is 0 Å². The van der Waals surface area contributed by atoms with E-state index in [1.165, 1.54) is 0 Å². The molecule has 0 saturated carbocycles. The Hall–Kier alpha value is -1.71. The molecule has 2 rings (SSSR count). The first-order valence-electron chi connectivity index (χ1n) is 6.31. The van der Waals surface area contributed by atoms with Crippen LogP contribution in [0.1, 0.15) is 18.8 Å². The van der Waals surface area contributed by atoms with Crippen LogP contribution in [0.5, 0.6) is 5.75 Å². The summed E-state index contributed by atoms with van der Waals surface area (Å²) < 4.78 is 10.8. The van der Waals surface area contributed by atoms with Gasteiger partial charge in [0.2, 0.25) is 0 Å². The van der Waals surface area contributed by atoms with Gasteiger partial charge < -0.3 is 14.3 Å². The summed E-state index contributed by atoms with van der Waals surface area (Å²) in [5, 5.41) is 10.6. The van der Waals surface area contributed by atoms with Gasteiger partial charge in [-0.15, -0.1) is 6.58 Å². The van der Waals surface area contributed by atoms with E-state index in [4.69, 9.17) is 20.8 Å². The number of hydrogen-bond donors (Lipinski definition) is 1. The summed E-state index contributed by atoms with van der Waals surface area (Å²) in [6.07, 6.45) is 0.992. The van der Waals surface area contributed by atoms with Gasteiger partial charge in [-0.05, 0) is 30.3 Å². The molecule has 0 aliphatic heterocycles. The van der Waals surface area contributed by atoms with Gasteiger partial charge in [-0.1, -0.05) is 24.6 Å². The third kappa shape index (κ3) is 2.89. The standard InChI is InChI=1S/C16H17ClO3/c1-4-10(2)16(18)15-8-7-13(20-15)11-5-6-14(19-3)12(17)9-11/h4-10,16,18H,1H2,2-3H3/t10-,16-/m1/s1. The molecule has 1 aromatic heterocycles. The van der Waals surface area contributed by atoms with Gasteiger partial charge in [0.15, 0.2) is 0 Å². The zero-order valence-electron chi connectivity index (χ0n) is 11.5. The number of aliphatic hydroxyl groups excluding tert-OH is 1. The number of aliphatic hydroxyl groups is 1. The highest BCUT2D eigenvalue weighted by atomic mass is 35.5. The maximum atomic E-state index is 10.1. The number of rotatable bonds is 5. The monoisotopic (exact) mass is 292 g/mol. The largest absolute Gasteiger partial charge is 0.495 e. The van der Waals surface area contributed by atoms with Crippen LogP contribution in [0.15, 0.2) is 47.4 Å². The number of methoxy groups -OCH3 is 1. The smallest absolute Gasteiger partial charge is 0.137 e. The Labute approximate surface area is 123 Å². The van der Waals surface area contributed by atoms with Crippen LogP contribution in [-0.4, -0.2) is 12.2 Å². The minimum Gasteiger partial charge on any atom is -0.495 e. The molecule has 2 atom stereocenters. The summed E-state index contributed by atoms with van der Waals surface area (Å²) in [4.78, 5) is 0. The maximum Gasteiger partial charge on any atom is 0.137 e. The molecule has 0 fully saturated rings. The zero-order valence-corrected chi connectivity index (χ0v) is 12.2. The number of benzene rings is 1. The SMILES string of the molecule is C=C[C@@H](C)[C@@H](O)c1ccc(-c2ccc(OC)c(Cl)c2)o1. The fourth-order valence-corrected chi connectivity index (χ4v) is 2.13. The molecule has 0 unspecified atom stereocenters. The van der Waals surface area contributed by atoms with E-state index in [2.05, 4.69) is 6.58 Å². The minimum atomic E-state index is -0.699. The van der Waals surface area contributed by atoms with Crippen LogP contribution >= 0.6 is 11.6 Å². The van der Waals surface area contributed by atoms with Crippen LogP contribution in [0.2, 0.25) is 5.02 Å². The fraction of sp³-hybridized carbons (Fsp3) is 0.250. The average Bonchev–Trinajstić information content (AvgIpc) is 2.95. The van der Waals surface area contributed by atoms with Crippen molar-refractivity contribution in [1.82, 2.24) is 0 Å². The summed E-state index contributed by atoms with van der Waals surface area (Å²) in [7, 11) is 1.57. The van der Waals surface area contributed by atoms with Gasteiger partial charge in [-0.3, -0.25) is 0 Å². The normalized spacial score (nSPS) is 13.8. The second-order valence-electron chi connectivity index (χ2n) is 4.59. The molecule has 4 heteroatoms. The number of ether oxygens (including phenoxy) is 1. The van der Waals surface area contributed by atoms with Gasteiger partial charge in [0, 0.05) is 11.5 Å². The quantitative estimate of drug-likeness (QED) is 0.827. The molecule has 1 N–H and O–H groups in total. The lowest BCUT2D eigenvalue weighted by Crippen LogP contribution is -2.04. The summed E-state index contributed by atoms with van der Waals surface area (Å²) in [5.41, 5.74) is 0.834. The lowest BCUT2D eigenvalue weighted by molar-refractivity contribution is 0.115. The van der Waals surface area contributed by atoms with Crippen molar-refractivity contribution in [2.45, 2.75) is 13.0 Å². The number of halogens is 1. The van der Waals surface area contributed by atoms with E-state index in [1.54, 1.807) is 31.4 Å². The molecule has 20 heavy (non-hydrogen) atoms. The fourth-order valence-electron chi connectivity index (χ4n) is 1.87. The third-order valence-corrected chi connectivity index (χ3v) is 3.52. The predicted octanol–water partition coefficient (Wildman–Crippen LogP) is 4.46. The molecule has 1 heterocycles. The average molecular weight is 293 g/mol. The van der Waals surface area contributed by atoms with E-state index in [0.717, 1.165) is 5.56 Å². The van der Waals surface area contributed by atoms with E-state index in [1.807, 2.05) is 19.1 Å². The highest BCUT2D eigenvalue weighted by molar-refractivity contribution is 6.32. The molecular formula is C16H17ClO3. The van der Waals surface area contributed by atoms with Gasteiger partial charge >= 0.3 is 0 Å². The first-order chi connectivity index (χ1) is 9.56.